The van der Waals surface area contributed by atoms with Crippen molar-refractivity contribution in [2.45, 2.75) is 6.92 Å². The third-order valence-corrected chi connectivity index (χ3v) is 3.64. The number of benzene rings is 2. The van der Waals surface area contributed by atoms with Crippen LogP contribution in [-0.2, 0) is 9.53 Å². The number of ether oxygens (including phenoxy) is 2. The molecule has 0 saturated heterocycles. The first-order chi connectivity index (χ1) is 13.5. The lowest BCUT2D eigenvalue weighted by molar-refractivity contribution is -0.670. The van der Waals surface area contributed by atoms with Crippen LogP contribution in [0.25, 0.3) is 5.69 Å². The third kappa shape index (κ3) is 4.85. The Morgan fingerprint density at radius 1 is 1.11 bits per heavy atom. The van der Waals surface area contributed by atoms with Crippen LogP contribution in [0.2, 0.25) is 0 Å². The molecule has 0 spiro atoms. The normalized spacial score (nSPS) is 10.3. The summed E-state index contributed by atoms with van der Waals surface area (Å²) in [6.07, 6.45) is 1.22. The molecule has 144 valence electrons. The Hall–Kier alpha value is -3.88. The van der Waals surface area contributed by atoms with E-state index in [2.05, 4.69) is 15.1 Å². The summed E-state index contributed by atoms with van der Waals surface area (Å²) in [5.74, 6) is -0.396. The molecule has 3 aromatic rings. The van der Waals surface area contributed by atoms with Gasteiger partial charge in [-0.3, -0.25) is 9.32 Å². The molecule has 2 N–H and O–H groups in total. The SMILES string of the molecule is CCOc1ccc(NC(=O)COC(=O)c2ccc(-[n+]3cc(=O)o[nH]3)cc2)cc1. The van der Waals surface area contributed by atoms with Crippen molar-refractivity contribution < 1.29 is 28.3 Å². The summed E-state index contributed by atoms with van der Waals surface area (Å²) in [5, 5.41) is 5.03. The van der Waals surface area contributed by atoms with Gasteiger partial charge >= 0.3 is 11.6 Å². The highest BCUT2D eigenvalue weighted by Crippen LogP contribution is 2.15. The minimum Gasteiger partial charge on any atom is -0.494 e. The van der Waals surface area contributed by atoms with Crippen molar-refractivity contribution in [3.05, 3.63) is 70.7 Å². The summed E-state index contributed by atoms with van der Waals surface area (Å²) in [6.45, 7) is 2.02. The number of aromatic nitrogens is 2. The first-order valence-electron chi connectivity index (χ1n) is 8.45. The number of esters is 1. The van der Waals surface area contributed by atoms with Crippen LogP contribution < -0.4 is 20.4 Å². The Morgan fingerprint density at radius 3 is 2.43 bits per heavy atom. The monoisotopic (exact) mass is 384 g/mol. The van der Waals surface area contributed by atoms with Crippen LogP contribution in [0.1, 0.15) is 17.3 Å². The highest BCUT2D eigenvalue weighted by molar-refractivity contribution is 5.95. The minimum atomic E-state index is -0.640. The molecule has 9 heteroatoms. The van der Waals surface area contributed by atoms with E-state index in [-0.39, 0.29) is 5.56 Å². The second kappa shape index (κ2) is 8.67. The molecule has 28 heavy (non-hydrogen) atoms. The number of hydrogen-bond donors (Lipinski definition) is 2. The number of nitrogens with one attached hydrogen (secondary N) is 2. The summed E-state index contributed by atoms with van der Waals surface area (Å²) in [7, 11) is 0. The number of rotatable bonds is 7. The molecular weight excluding hydrogens is 366 g/mol. The lowest BCUT2D eigenvalue weighted by atomic mass is 10.2. The largest absolute Gasteiger partial charge is 0.494 e. The first-order valence-corrected chi connectivity index (χ1v) is 8.45. The van der Waals surface area contributed by atoms with E-state index in [1.165, 1.54) is 23.0 Å². The summed E-state index contributed by atoms with van der Waals surface area (Å²) >= 11 is 0. The predicted octanol–water partition coefficient (Wildman–Crippen LogP) is 1.44. The quantitative estimate of drug-likeness (QED) is 0.471. The number of carbonyl (C=O) groups is 2. The molecule has 0 fully saturated rings. The van der Waals surface area contributed by atoms with Gasteiger partial charge in [0.1, 0.15) is 5.75 Å². The smallest absolute Gasteiger partial charge is 0.427 e. The highest BCUT2D eigenvalue weighted by atomic mass is 16.5. The van der Waals surface area contributed by atoms with Gasteiger partial charge in [-0.1, -0.05) is 0 Å². The van der Waals surface area contributed by atoms with Gasteiger partial charge in [-0.25, -0.2) is 9.59 Å². The fraction of sp³-hybridized carbons (Fsp3) is 0.158. The van der Waals surface area contributed by atoms with Gasteiger partial charge in [0.2, 0.25) is 5.69 Å². The topological polar surface area (TPSA) is 115 Å². The number of carbonyl (C=O) groups excluding carboxylic acids is 2. The zero-order valence-corrected chi connectivity index (χ0v) is 15.0. The molecule has 0 saturated carbocycles. The van der Waals surface area contributed by atoms with Crippen LogP contribution in [0, 0.1) is 0 Å². The van der Waals surface area contributed by atoms with Crippen LogP contribution in [0.3, 0.4) is 0 Å². The second-order valence-electron chi connectivity index (χ2n) is 5.64. The molecule has 0 radical (unpaired) electrons. The van der Waals surface area contributed by atoms with Crippen LogP contribution >= 0.6 is 0 Å². The van der Waals surface area contributed by atoms with Crippen molar-refractivity contribution in [3.8, 4) is 11.4 Å². The number of anilines is 1. The van der Waals surface area contributed by atoms with Crippen LogP contribution in [0.5, 0.6) is 5.75 Å². The minimum absolute atomic E-state index is 0.268. The number of hydrogen-bond acceptors (Lipinski definition) is 6. The molecule has 1 amide bonds. The molecule has 0 bridgehead atoms. The van der Waals surface area contributed by atoms with E-state index in [1.807, 2.05) is 6.92 Å². The molecule has 1 aromatic heterocycles. The summed E-state index contributed by atoms with van der Waals surface area (Å²) in [4.78, 5) is 35.0. The van der Waals surface area contributed by atoms with E-state index in [1.54, 1.807) is 36.4 Å². The average molecular weight is 384 g/mol. The molecule has 3 rings (SSSR count). The van der Waals surface area contributed by atoms with E-state index < -0.39 is 24.1 Å². The molecule has 0 aliphatic rings. The van der Waals surface area contributed by atoms with E-state index in [0.29, 0.717) is 23.7 Å². The fourth-order valence-electron chi connectivity index (χ4n) is 2.35. The summed E-state index contributed by atoms with van der Waals surface area (Å²) < 4.78 is 16.3. The lowest BCUT2D eigenvalue weighted by Crippen LogP contribution is -2.32. The lowest BCUT2D eigenvalue weighted by Gasteiger charge is -2.08. The average Bonchev–Trinajstić information content (AvgIpc) is 3.14. The maximum Gasteiger partial charge on any atom is 0.427 e. The fourth-order valence-corrected chi connectivity index (χ4v) is 2.35. The van der Waals surface area contributed by atoms with Crippen molar-refractivity contribution in [2.75, 3.05) is 18.5 Å². The molecule has 0 atom stereocenters. The number of nitrogens with zero attached hydrogens (tertiary/aromatic N) is 1. The number of aromatic amines is 1. The van der Waals surface area contributed by atoms with E-state index >= 15 is 0 Å². The second-order valence-corrected chi connectivity index (χ2v) is 5.64. The van der Waals surface area contributed by atoms with Crippen molar-refractivity contribution in [1.29, 1.82) is 0 Å². The van der Waals surface area contributed by atoms with Crippen molar-refractivity contribution in [2.24, 2.45) is 0 Å². The van der Waals surface area contributed by atoms with E-state index in [4.69, 9.17) is 9.47 Å². The van der Waals surface area contributed by atoms with Gasteiger partial charge in [-0.2, -0.15) is 0 Å². The molecular formula is C19H18N3O6+. The Labute approximate surface area is 159 Å². The zero-order valence-electron chi connectivity index (χ0n) is 15.0. The van der Waals surface area contributed by atoms with Crippen molar-refractivity contribution in [3.63, 3.8) is 0 Å². The van der Waals surface area contributed by atoms with E-state index in [9.17, 15) is 14.4 Å². The Balaban J connectivity index is 1.51. The number of amides is 1. The maximum atomic E-state index is 12.1. The summed E-state index contributed by atoms with van der Waals surface area (Å²) in [5.41, 5.74) is 0.904. The third-order valence-electron chi connectivity index (χ3n) is 3.64. The van der Waals surface area contributed by atoms with Crippen molar-refractivity contribution in [1.82, 2.24) is 5.27 Å². The van der Waals surface area contributed by atoms with Crippen LogP contribution in [-0.4, -0.2) is 30.4 Å². The molecule has 0 aliphatic heterocycles. The molecule has 0 aliphatic carbocycles. The standard InChI is InChI=1S/C19H17N3O6/c1-2-26-16-9-5-14(6-10-16)20-17(23)12-27-19(25)13-3-7-15(8-4-13)22-11-18(24)28-21-22/h3-11H,2,12H2,1H3,(H-,20,21,23,24)/p+1. The Kier molecular flexibility index (Phi) is 5.85. The highest BCUT2D eigenvalue weighted by Gasteiger charge is 2.14. The molecule has 1 heterocycles. The van der Waals surface area contributed by atoms with E-state index in [0.717, 1.165) is 0 Å². The van der Waals surface area contributed by atoms with Crippen molar-refractivity contribution >= 4 is 17.6 Å². The zero-order chi connectivity index (χ0) is 19.9. The maximum absolute atomic E-state index is 12.1. The van der Waals surface area contributed by atoms with Gasteiger partial charge < -0.3 is 14.8 Å². The first kappa shape index (κ1) is 18.9. The molecule has 0 unspecified atom stereocenters. The Morgan fingerprint density at radius 2 is 1.82 bits per heavy atom. The van der Waals surface area contributed by atoms with Gasteiger partial charge in [-0.15, -0.1) is 0 Å². The Bertz CT molecular complexity index is 1010. The van der Waals surface area contributed by atoms with Gasteiger partial charge in [-0.05, 0) is 53.3 Å². The molecule has 9 nitrogen and oxygen atoms in total. The predicted molar refractivity (Wildman–Crippen MR) is 97.4 cm³/mol. The van der Waals surface area contributed by atoms with Crippen LogP contribution in [0.15, 0.2) is 64.0 Å². The summed E-state index contributed by atoms with van der Waals surface area (Å²) in [6, 6.07) is 13.1. The van der Waals surface area contributed by atoms with Gasteiger partial charge in [0.25, 0.3) is 12.1 Å². The van der Waals surface area contributed by atoms with Gasteiger partial charge in [0.05, 0.1) is 12.2 Å². The molecule has 2 aromatic carbocycles. The number of H-pyrrole nitrogens is 1. The van der Waals surface area contributed by atoms with Gasteiger partial charge in [0, 0.05) is 17.8 Å². The van der Waals surface area contributed by atoms with Crippen LogP contribution in [0.4, 0.5) is 5.69 Å². The van der Waals surface area contributed by atoms with Gasteiger partial charge in [0.15, 0.2) is 6.61 Å².